The molecule has 1 heterocycles. The summed E-state index contributed by atoms with van der Waals surface area (Å²) >= 11 is 0. The lowest BCUT2D eigenvalue weighted by Gasteiger charge is -2.46. The number of benzene rings is 1. The topological polar surface area (TPSA) is 58.4 Å². The molecule has 1 aliphatic rings. The molecule has 1 aromatic rings. The molecule has 102 valence electrons. The molecule has 0 aliphatic carbocycles. The zero-order valence-electron chi connectivity index (χ0n) is 11.9. The van der Waals surface area contributed by atoms with Crippen molar-refractivity contribution < 1.29 is 4.79 Å². The second-order valence-electron chi connectivity index (χ2n) is 5.55. The van der Waals surface area contributed by atoms with E-state index in [-0.39, 0.29) is 17.5 Å². The van der Waals surface area contributed by atoms with E-state index in [2.05, 4.69) is 43.2 Å². The number of amides is 1. The summed E-state index contributed by atoms with van der Waals surface area (Å²) in [5.74, 6) is 5.09. The molecule has 3 N–H and O–H groups in total. The first kappa shape index (κ1) is 13.6. The van der Waals surface area contributed by atoms with Crippen LogP contribution in [0.2, 0.25) is 0 Å². The van der Waals surface area contributed by atoms with Gasteiger partial charge in [-0.05, 0) is 39.3 Å². The standard InChI is InChI=1S/C15H21N3O/c1-10-9-15(3,4)18(11(2)14(19)17-16)13-8-6-5-7-12(10)13/h5-9,11H,16H2,1-4H3,(H,17,19). The Balaban J connectivity index is 2.56. The van der Waals surface area contributed by atoms with E-state index in [4.69, 9.17) is 5.84 Å². The number of fused-ring (bicyclic) bond motifs is 1. The highest BCUT2D eigenvalue weighted by Crippen LogP contribution is 2.39. The highest BCUT2D eigenvalue weighted by molar-refractivity contribution is 5.89. The summed E-state index contributed by atoms with van der Waals surface area (Å²) in [5.41, 5.74) is 5.48. The molecule has 1 amide bonds. The van der Waals surface area contributed by atoms with Crippen LogP contribution in [0.4, 0.5) is 5.69 Å². The molecule has 0 saturated heterocycles. The number of carbonyl (C=O) groups is 1. The van der Waals surface area contributed by atoms with E-state index < -0.39 is 0 Å². The van der Waals surface area contributed by atoms with Crippen molar-refractivity contribution in [3.63, 3.8) is 0 Å². The highest BCUT2D eigenvalue weighted by Gasteiger charge is 2.36. The third-order valence-corrected chi connectivity index (χ3v) is 3.69. The quantitative estimate of drug-likeness (QED) is 0.485. The fraction of sp³-hybridized carbons (Fsp3) is 0.400. The molecular weight excluding hydrogens is 238 g/mol. The lowest BCUT2D eigenvalue weighted by Crippen LogP contribution is -2.56. The minimum absolute atomic E-state index is 0.184. The van der Waals surface area contributed by atoms with Crippen LogP contribution in [-0.4, -0.2) is 17.5 Å². The van der Waals surface area contributed by atoms with Gasteiger partial charge in [0.25, 0.3) is 5.91 Å². The van der Waals surface area contributed by atoms with E-state index in [9.17, 15) is 4.79 Å². The Hall–Kier alpha value is -1.81. The monoisotopic (exact) mass is 259 g/mol. The molecular formula is C15H21N3O. The average Bonchev–Trinajstić information content (AvgIpc) is 2.36. The van der Waals surface area contributed by atoms with Crippen LogP contribution in [0.15, 0.2) is 30.3 Å². The molecule has 4 heteroatoms. The van der Waals surface area contributed by atoms with Gasteiger partial charge in [0, 0.05) is 11.3 Å². The molecule has 4 nitrogen and oxygen atoms in total. The number of nitrogens with zero attached hydrogens (tertiary/aromatic N) is 1. The first-order valence-corrected chi connectivity index (χ1v) is 6.47. The lowest BCUT2D eigenvalue weighted by atomic mass is 9.87. The number of carbonyl (C=O) groups excluding carboxylic acids is 1. The van der Waals surface area contributed by atoms with Crippen LogP contribution in [0.3, 0.4) is 0 Å². The van der Waals surface area contributed by atoms with E-state index in [1.807, 2.05) is 25.1 Å². The Morgan fingerprint density at radius 2 is 2.00 bits per heavy atom. The van der Waals surface area contributed by atoms with Gasteiger partial charge < -0.3 is 4.90 Å². The summed E-state index contributed by atoms with van der Waals surface area (Å²) in [6.45, 7) is 8.18. The third kappa shape index (κ3) is 2.24. The highest BCUT2D eigenvalue weighted by atomic mass is 16.2. The van der Waals surface area contributed by atoms with Crippen molar-refractivity contribution in [2.75, 3.05) is 4.90 Å². The smallest absolute Gasteiger partial charge is 0.256 e. The van der Waals surface area contributed by atoms with Gasteiger partial charge in [-0.15, -0.1) is 0 Å². The molecule has 0 aromatic heterocycles. The van der Waals surface area contributed by atoms with Crippen LogP contribution in [0.1, 0.15) is 33.3 Å². The molecule has 0 radical (unpaired) electrons. The number of rotatable bonds is 2. The van der Waals surface area contributed by atoms with Gasteiger partial charge in [0.2, 0.25) is 0 Å². The predicted octanol–water partition coefficient (Wildman–Crippen LogP) is 2.07. The molecule has 1 aliphatic heterocycles. The van der Waals surface area contributed by atoms with E-state index >= 15 is 0 Å². The maximum atomic E-state index is 11.9. The zero-order chi connectivity index (χ0) is 14.2. The van der Waals surface area contributed by atoms with Crippen molar-refractivity contribution in [2.24, 2.45) is 5.84 Å². The molecule has 1 atom stereocenters. The number of hydrogen-bond donors (Lipinski definition) is 2. The molecule has 19 heavy (non-hydrogen) atoms. The number of nitrogens with one attached hydrogen (secondary N) is 1. The summed E-state index contributed by atoms with van der Waals surface area (Å²) < 4.78 is 0. The SMILES string of the molecule is CC1=CC(C)(C)N(C(C)C(=O)NN)c2ccccc21. The molecule has 0 spiro atoms. The van der Waals surface area contributed by atoms with Crippen LogP contribution in [0.5, 0.6) is 0 Å². The second-order valence-corrected chi connectivity index (χ2v) is 5.55. The largest absolute Gasteiger partial charge is 0.351 e. The fourth-order valence-corrected chi connectivity index (χ4v) is 2.95. The number of anilines is 1. The minimum Gasteiger partial charge on any atom is -0.351 e. The summed E-state index contributed by atoms with van der Waals surface area (Å²) in [7, 11) is 0. The minimum atomic E-state index is -0.328. The van der Waals surface area contributed by atoms with E-state index in [0.717, 1.165) is 5.69 Å². The van der Waals surface area contributed by atoms with Crippen molar-refractivity contribution >= 4 is 17.2 Å². The number of para-hydroxylation sites is 1. The molecule has 2 rings (SSSR count). The fourth-order valence-electron chi connectivity index (χ4n) is 2.95. The molecule has 1 unspecified atom stereocenters. The Morgan fingerprint density at radius 1 is 1.37 bits per heavy atom. The van der Waals surface area contributed by atoms with Gasteiger partial charge in [-0.3, -0.25) is 10.2 Å². The van der Waals surface area contributed by atoms with Gasteiger partial charge in [0.05, 0.1) is 5.54 Å². The maximum Gasteiger partial charge on any atom is 0.256 e. The van der Waals surface area contributed by atoms with Crippen LogP contribution < -0.4 is 16.2 Å². The van der Waals surface area contributed by atoms with Crippen molar-refractivity contribution in [1.29, 1.82) is 0 Å². The normalized spacial score (nSPS) is 18.4. The van der Waals surface area contributed by atoms with Crippen LogP contribution >= 0.6 is 0 Å². The van der Waals surface area contributed by atoms with Crippen molar-refractivity contribution in [1.82, 2.24) is 5.43 Å². The Labute approximate surface area is 114 Å². The van der Waals surface area contributed by atoms with Gasteiger partial charge in [-0.1, -0.05) is 24.3 Å². The van der Waals surface area contributed by atoms with E-state index in [1.54, 1.807) is 0 Å². The number of allylic oxidation sites excluding steroid dienone is 1. The first-order valence-electron chi connectivity index (χ1n) is 6.47. The predicted molar refractivity (Wildman–Crippen MR) is 78.4 cm³/mol. The van der Waals surface area contributed by atoms with Crippen LogP contribution in [-0.2, 0) is 4.79 Å². The van der Waals surface area contributed by atoms with Crippen LogP contribution in [0.25, 0.3) is 5.57 Å². The number of hydrazine groups is 1. The Bertz CT molecular complexity index is 534. The van der Waals surface area contributed by atoms with Gasteiger partial charge in [0.1, 0.15) is 6.04 Å². The zero-order valence-corrected chi connectivity index (χ0v) is 11.9. The van der Waals surface area contributed by atoms with E-state index in [1.165, 1.54) is 11.1 Å². The van der Waals surface area contributed by atoms with Gasteiger partial charge in [0.15, 0.2) is 0 Å². The molecule has 0 fully saturated rings. The third-order valence-electron chi connectivity index (χ3n) is 3.69. The second kappa shape index (κ2) is 4.70. The average molecular weight is 259 g/mol. The summed E-state index contributed by atoms with van der Waals surface area (Å²) in [6.07, 6.45) is 2.19. The van der Waals surface area contributed by atoms with Gasteiger partial charge in [-0.25, -0.2) is 5.84 Å². The number of hydrogen-bond acceptors (Lipinski definition) is 3. The van der Waals surface area contributed by atoms with Gasteiger partial charge in [-0.2, -0.15) is 0 Å². The number of nitrogens with two attached hydrogens (primary N) is 1. The van der Waals surface area contributed by atoms with Crippen molar-refractivity contribution in [2.45, 2.75) is 39.3 Å². The van der Waals surface area contributed by atoms with Gasteiger partial charge >= 0.3 is 0 Å². The summed E-state index contributed by atoms with van der Waals surface area (Å²) in [5, 5.41) is 0. The lowest BCUT2D eigenvalue weighted by molar-refractivity contribution is -0.122. The van der Waals surface area contributed by atoms with Crippen molar-refractivity contribution in [3.05, 3.63) is 35.9 Å². The Kier molecular flexibility index (Phi) is 3.37. The van der Waals surface area contributed by atoms with Crippen LogP contribution in [0, 0.1) is 0 Å². The first-order chi connectivity index (χ1) is 8.88. The Morgan fingerprint density at radius 3 is 2.63 bits per heavy atom. The molecule has 1 aromatic carbocycles. The summed E-state index contributed by atoms with van der Waals surface area (Å²) in [4.78, 5) is 14.0. The molecule has 0 saturated carbocycles. The van der Waals surface area contributed by atoms with Crippen molar-refractivity contribution in [3.8, 4) is 0 Å². The van der Waals surface area contributed by atoms with E-state index in [0.29, 0.717) is 0 Å². The summed E-state index contributed by atoms with van der Waals surface area (Å²) in [6, 6.07) is 7.81. The maximum absolute atomic E-state index is 11.9. The molecule has 0 bridgehead atoms.